The van der Waals surface area contributed by atoms with Crippen LogP contribution < -0.4 is 10.6 Å². The van der Waals surface area contributed by atoms with Gasteiger partial charge in [0.15, 0.2) is 0 Å². The van der Waals surface area contributed by atoms with Crippen molar-refractivity contribution in [3.63, 3.8) is 0 Å². The fraction of sp³-hybridized carbons (Fsp3) is 0.600. The van der Waals surface area contributed by atoms with Crippen molar-refractivity contribution >= 4 is 12.0 Å². The molecule has 1 aromatic heterocycles. The zero-order valence-corrected chi connectivity index (χ0v) is 10.1. The van der Waals surface area contributed by atoms with E-state index in [4.69, 9.17) is 5.11 Å². The molecule has 0 aromatic carbocycles. The summed E-state index contributed by atoms with van der Waals surface area (Å²) in [7, 11) is 0. The summed E-state index contributed by atoms with van der Waals surface area (Å²) in [4.78, 5) is 25.8. The lowest BCUT2D eigenvalue weighted by atomic mass is 10.0. The highest BCUT2D eigenvalue weighted by molar-refractivity contribution is 5.73. The Labute approximate surface area is 104 Å². The summed E-state index contributed by atoms with van der Waals surface area (Å²) in [5, 5.41) is 20.1. The van der Waals surface area contributed by atoms with Crippen LogP contribution in [0.2, 0.25) is 0 Å². The van der Waals surface area contributed by atoms with Crippen LogP contribution in [0.5, 0.6) is 0 Å². The van der Waals surface area contributed by atoms with Gasteiger partial charge in [-0.15, -0.1) is 0 Å². The monoisotopic (exact) mass is 255 g/mol. The number of aromatic amines is 1. The molecule has 18 heavy (non-hydrogen) atoms. The van der Waals surface area contributed by atoms with Crippen molar-refractivity contribution in [3.8, 4) is 0 Å². The Hall–Kier alpha value is -2.12. The molecule has 1 aromatic rings. The second-order valence-electron chi connectivity index (χ2n) is 3.87. The molecule has 8 heteroatoms. The maximum Gasteiger partial charge on any atom is 0.315 e. The number of urea groups is 1. The fourth-order valence-electron chi connectivity index (χ4n) is 1.39. The molecule has 0 saturated heterocycles. The molecule has 2 amide bonds. The highest BCUT2D eigenvalue weighted by atomic mass is 16.4. The van der Waals surface area contributed by atoms with Gasteiger partial charge in [0, 0.05) is 13.0 Å². The maximum absolute atomic E-state index is 11.4. The number of H-pyrrole nitrogens is 1. The van der Waals surface area contributed by atoms with Gasteiger partial charge < -0.3 is 15.7 Å². The number of nitrogens with zero attached hydrogens (tertiary/aromatic N) is 2. The minimum atomic E-state index is -0.856. The third-order valence-electron chi connectivity index (χ3n) is 2.47. The Morgan fingerprint density at radius 1 is 1.50 bits per heavy atom. The number of hydrogen-bond acceptors (Lipinski definition) is 4. The number of carbonyl (C=O) groups is 2. The number of carboxylic acid groups (broad SMARTS) is 1. The number of rotatable bonds is 7. The molecule has 0 aliphatic heterocycles. The Balaban J connectivity index is 2.21. The zero-order chi connectivity index (χ0) is 13.4. The molecule has 1 heterocycles. The Morgan fingerprint density at radius 3 is 2.83 bits per heavy atom. The molecule has 1 unspecified atom stereocenters. The van der Waals surface area contributed by atoms with Crippen LogP contribution >= 0.6 is 0 Å². The van der Waals surface area contributed by atoms with E-state index >= 15 is 0 Å². The van der Waals surface area contributed by atoms with E-state index < -0.39 is 5.97 Å². The second kappa shape index (κ2) is 7.25. The van der Waals surface area contributed by atoms with Crippen LogP contribution in [0, 0.1) is 5.92 Å². The van der Waals surface area contributed by atoms with E-state index in [1.807, 2.05) is 6.92 Å². The van der Waals surface area contributed by atoms with Gasteiger partial charge in [-0.3, -0.25) is 9.89 Å². The van der Waals surface area contributed by atoms with Gasteiger partial charge in [0.05, 0.1) is 6.54 Å². The number of hydrogen-bond donors (Lipinski definition) is 4. The average Bonchev–Trinajstić information content (AvgIpc) is 2.84. The summed E-state index contributed by atoms with van der Waals surface area (Å²) in [6.45, 7) is 2.48. The first kappa shape index (κ1) is 13.9. The average molecular weight is 255 g/mol. The van der Waals surface area contributed by atoms with E-state index in [1.165, 1.54) is 6.33 Å². The zero-order valence-electron chi connectivity index (χ0n) is 10.1. The van der Waals surface area contributed by atoms with Crippen LogP contribution in [0.1, 0.15) is 25.6 Å². The largest absolute Gasteiger partial charge is 0.481 e. The van der Waals surface area contributed by atoms with Crippen LogP contribution in [-0.2, 0) is 11.3 Å². The van der Waals surface area contributed by atoms with Gasteiger partial charge in [-0.25, -0.2) is 9.78 Å². The summed E-state index contributed by atoms with van der Waals surface area (Å²) < 4.78 is 0. The lowest BCUT2D eigenvalue weighted by Crippen LogP contribution is -2.38. The van der Waals surface area contributed by atoms with Gasteiger partial charge in [0.1, 0.15) is 12.2 Å². The summed E-state index contributed by atoms with van der Waals surface area (Å²) in [6.07, 6.45) is 2.11. The molecular weight excluding hydrogens is 238 g/mol. The smallest absolute Gasteiger partial charge is 0.315 e. The number of aromatic nitrogens is 3. The van der Waals surface area contributed by atoms with Crippen molar-refractivity contribution in [3.05, 3.63) is 12.2 Å². The van der Waals surface area contributed by atoms with E-state index in [2.05, 4.69) is 25.8 Å². The Kier molecular flexibility index (Phi) is 5.62. The SMILES string of the molecule is CCC(CNC(=O)NCc1ncn[nH]1)CC(=O)O. The van der Waals surface area contributed by atoms with Gasteiger partial charge in [-0.2, -0.15) is 5.10 Å². The van der Waals surface area contributed by atoms with Crippen molar-refractivity contribution in [2.24, 2.45) is 5.92 Å². The predicted octanol–water partition coefficient (Wildman–Crippen LogP) is 0.105. The standard InChI is InChI=1S/C10H17N5O3/c1-2-7(3-9(16)17)4-11-10(18)12-5-8-13-6-14-15-8/h6-7H,2-5H2,1H3,(H,16,17)(H2,11,12,18)(H,13,14,15). The normalized spacial score (nSPS) is 11.8. The van der Waals surface area contributed by atoms with Crippen LogP contribution in [-0.4, -0.2) is 38.8 Å². The van der Waals surface area contributed by atoms with E-state index in [9.17, 15) is 9.59 Å². The van der Waals surface area contributed by atoms with Crippen molar-refractivity contribution in [2.75, 3.05) is 6.54 Å². The number of carbonyl (C=O) groups excluding carboxylic acids is 1. The van der Waals surface area contributed by atoms with Gasteiger partial charge in [-0.1, -0.05) is 13.3 Å². The van der Waals surface area contributed by atoms with Crippen LogP contribution in [0.25, 0.3) is 0 Å². The number of amides is 2. The molecule has 8 nitrogen and oxygen atoms in total. The highest BCUT2D eigenvalue weighted by Crippen LogP contribution is 2.06. The van der Waals surface area contributed by atoms with Crippen LogP contribution in [0.4, 0.5) is 4.79 Å². The first-order valence-electron chi connectivity index (χ1n) is 5.69. The fourth-order valence-corrected chi connectivity index (χ4v) is 1.39. The third kappa shape index (κ3) is 5.28. The van der Waals surface area contributed by atoms with Crippen molar-refractivity contribution in [1.29, 1.82) is 0 Å². The summed E-state index contributed by atoms with van der Waals surface area (Å²) in [6, 6.07) is -0.352. The highest BCUT2D eigenvalue weighted by Gasteiger charge is 2.12. The Morgan fingerprint density at radius 2 is 2.28 bits per heavy atom. The quantitative estimate of drug-likeness (QED) is 0.551. The predicted molar refractivity (Wildman–Crippen MR) is 62.7 cm³/mol. The van der Waals surface area contributed by atoms with Crippen LogP contribution in [0.15, 0.2) is 6.33 Å². The van der Waals surface area contributed by atoms with Crippen molar-refractivity contribution < 1.29 is 14.7 Å². The Bertz CT molecular complexity index is 379. The van der Waals surface area contributed by atoms with Gasteiger partial charge in [0.25, 0.3) is 0 Å². The third-order valence-corrected chi connectivity index (χ3v) is 2.47. The molecule has 0 radical (unpaired) electrons. The summed E-state index contributed by atoms with van der Waals surface area (Å²) in [5.74, 6) is -0.355. The molecule has 0 aliphatic rings. The number of nitrogens with one attached hydrogen (secondary N) is 3. The lowest BCUT2D eigenvalue weighted by molar-refractivity contribution is -0.138. The molecule has 0 bridgehead atoms. The molecule has 100 valence electrons. The van der Waals surface area contributed by atoms with Gasteiger partial charge >= 0.3 is 12.0 Å². The van der Waals surface area contributed by atoms with Crippen molar-refractivity contribution in [2.45, 2.75) is 26.3 Å². The summed E-state index contributed by atoms with van der Waals surface area (Å²) in [5.41, 5.74) is 0. The molecule has 0 saturated carbocycles. The van der Waals surface area contributed by atoms with E-state index in [0.717, 1.165) is 0 Å². The molecule has 0 spiro atoms. The topological polar surface area (TPSA) is 120 Å². The molecular formula is C10H17N5O3. The van der Waals surface area contributed by atoms with Gasteiger partial charge in [0.2, 0.25) is 0 Å². The first-order valence-corrected chi connectivity index (χ1v) is 5.69. The molecule has 4 N–H and O–H groups in total. The van der Waals surface area contributed by atoms with E-state index in [1.54, 1.807) is 0 Å². The van der Waals surface area contributed by atoms with E-state index in [-0.39, 0.29) is 24.9 Å². The molecule has 0 fully saturated rings. The first-order chi connectivity index (χ1) is 8.61. The number of aliphatic carboxylic acids is 1. The maximum atomic E-state index is 11.4. The lowest BCUT2D eigenvalue weighted by Gasteiger charge is -2.13. The van der Waals surface area contributed by atoms with Gasteiger partial charge in [-0.05, 0) is 5.92 Å². The molecule has 1 rings (SSSR count). The molecule has 0 aliphatic carbocycles. The van der Waals surface area contributed by atoms with Crippen molar-refractivity contribution in [1.82, 2.24) is 25.8 Å². The van der Waals surface area contributed by atoms with E-state index in [0.29, 0.717) is 18.8 Å². The minimum absolute atomic E-state index is 0.0544. The summed E-state index contributed by atoms with van der Waals surface area (Å²) >= 11 is 0. The number of carboxylic acids is 1. The molecule has 1 atom stereocenters. The minimum Gasteiger partial charge on any atom is -0.481 e. The second-order valence-corrected chi connectivity index (χ2v) is 3.87. The van der Waals surface area contributed by atoms with Crippen LogP contribution in [0.3, 0.4) is 0 Å².